The molecule has 0 radical (unpaired) electrons. The third kappa shape index (κ3) is 6.10. The molecule has 2 heterocycles. The molecule has 0 bridgehead atoms. The van der Waals surface area contributed by atoms with Crippen LogP contribution in [0.1, 0.15) is 25.3 Å². The summed E-state index contributed by atoms with van der Waals surface area (Å²) in [6.07, 6.45) is 2.36. The molecular formula is C20H33N5O2S2. The number of nitrogens with zero attached hydrogens (tertiary/aromatic N) is 3. The van der Waals surface area contributed by atoms with Crippen LogP contribution < -0.4 is 10.6 Å². The Hall–Kier alpha value is -1.29. The smallest absolute Gasteiger partial charge is 0.243 e. The van der Waals surface area contributed by atoms with Crippen molar-refractivity contribution >= 4 is 27.7 Å². The molecule has 1 aromatic rings. The van der Waals surface area contributed by atoms with Crippen LogP contribution in [-0.2, 0) is 16.6 Å². The van der Waals surface area contributed by atoms with Gasteiger partial charge in [0.25, 0.3) is 0 Å². The largest absolute Gasteiger partial charge is 0.357 e. The fourth-order valence-corrected chi connectivity index (χ4v) is 6.29. The van der Waals surface area contributed by atoms with Crippen molar-refractivity contribution in [3.05, 3.63) is 29.8 Å². The highest BCUT2D eigenvalue weighted by Crippen LogP contribution is 2.22. The van der Waals surface area contributed by atoms with Gasteiger partial charge in [-0.15, -0.1) is 0 Å². The zero-order chi connectivity index (χ0) is 20.7. The first-order chi connectivity index (χ1) is 14.0. The number of sulfonamides is 1. The molecule has 29 heavy (non-hydrogen) atoms. The van der Waals surface area contributed by atoms with Gasteiger partial charge in [0, 0.05) is 44.5 Å². The van der Waals surface area contributed by atoms with Gasteiger partial charge < -0.3 is 15.5 Å². The van der Waals surface area contributed by atoms with Crippen LogP contribution in [-0.4, -0.2) is 80.9 Å². The van der Waals surface area contributed by atoms with Crippen LogP contribution in [0.2, 0.25) is 0 Å². The zero-order valence-corrected chi connectivity index (χ0v) is 19.1. The minimum Gasteiger partial charge on any atom is -0.357 e. The van der Waals surface area contributed by atoms with Crippen LogP contribution in [0.4, 0.5) is 0 Å². The zero-order valence-electron chi connectivity index (χ0n) is 17.4. The van der Waals surface area contributed by atoms with Gasteiger partial charge in [-0.2, -0.15) is 16.1 Å². The monoisotopic (exact) mass is 439 g/mol. The molecule has 0 saturated carbocycles. The molecule has 1 aromatic carbocycles. The minimum absolute atomic E-state index is 0.332. The fraction of sp³-hybridized carbons (Fsp3) is 0.650. The lowest BCUT2D eigenvalue weighted by molar-refractivity contribution is 0.222. The molecule has 2 aliphatic rings. The van der Waals surface area contributed by atoms with Crippen LogP contribution in [0.15, 0.2) is 34.2 Å². The lowest BCUT2D eigenvalue weighted by Crippen LogP contribution is -2.47. The number of hydrogen-bond donors (Lipinski definition) is 2. The van der Waals surface area contributed by atoms with Gasteiger partial charge in [-0.25, -0.2) is 13.4 Å². The topological polar surface area (TPSA) is 77.0 Å². The summed E-state index contributed by atoms with van der Waals surface area (Å²) in [6.45, 7) is 5.71. The molecule has 162 valence electrons. The summed E-state index contributed by atoms with van der Waals surface area (Å²) in [7, 11) is -1.49. The fourth-order valence-electron chi connectivity index (χ4n) is 3.59. The first-order valence-electron chi connectivity index (χ1n) is 10.4. The van der Waals surface area contributed by atoms with Gasteiger partial charge in [-0.05, 0) is 44.2 Å². The number of hydrogen-bond acceptors (Lipinski definition) is 5. The standard InChI is InChI=1S/C20H33N5O2S2/c1-3-21-20(23-18-8-6-14-28-16-18)22-15-17-7-4-5-9-19(17)29(26,27)25-12-10-24(2)11-13-25/h4-5,7,9,18H,3,6,8,10-16H2,1-2H3,(H2,21,22,23). The van der Waals surface area contributed by atoms with Crippen LogP contribution in [0.3, 0.4) is 0 Å². The molecule has 2 saturated heterocycles. The van der Waals surface area contributed by atoms with E-state index in [1.165, 1.54) is 12.2 Å². The van der Waals surface area contributed by atoms with Gasteiger partial charge in [0.15, 0.2) is 5.96 Å². The third-order valence-corrected chi connectivity index (χ3v) is 8.52. The Kier molecular flexibility index (Phi) is 8.23. The molecule has 2 N–H and O–H groups in total. The van der Waals surface area contributed by atoms with E-state index >= 15 is 0 Å². The maximum atomic E-state index is 13.2. The Morgan fingerprint density at radius 2 is 2.00 bits per heavy atom. The van der Waals surface area contributed by atoms with Crippen molar-refractivity contribution in [2.45, 2.75) is 37.2 Å². The molecule has 3 rings (SSSR count). The highest BCUT2D eigenvalue weighted by Gasteiger charge is 2.29. The summed E-state index contributed by atoms with van der Waals surface area (Å²) in [5.41, 5.74) is 0.738. The van der Waals surface area contributed by atoms with Gasteiger partial charge in [-0.3, -0.25) is 0 Å². The van der Waals surface area contributed by atoms with E-state index in [-0.39, 0.29) is 0 Å². The average molecular weight is 440 g/mol. The van der Waals surface area contributed by atoms with Crippen molar-refractivity contribution < 1.29 is 8.42 Å². The highest BCUT2D eigenvalue weighted by molar-refractivity contribution is 7.99. The van der Waals surface area contributed by atoms with Crippen LogP contribution in [0.25, 0.3) is 0 Å². The van der Waals surface area contributed by atoms with Crippen molar-refractivity contribution in [2.75, 3.05) is 51.3 Å². The van der Waals surface area contributed by atoms with E-state index in [2.05, 4.69) is 15.5 Å². The molecule has 0 aliphatic carbocycles. The van der Waals surface area contributed by atoms with Gasteiger partial charge >= 0.3 is 0 Å². The normalized spacial score (nSPS) is 22.4. The van der Waals surface area contributed by atoms with Crippen LogP contribution in [0, 0.1) is 0 Å². The Bertz CT molecular complexity index is 786. The lowest BCUT2D eigenvalue weighted by atomic mass is 10.2. The number of likely N-dealkylation sites (N-methyl/N-ethyl adjacent to an activating group) is 1. The first-order valence-corrected chi connectivity index (χ1v) is 13.0. The van der Waals surface area contributed by atoms with E-state index in [1.807, 2.05) is 37.9 Å². The summed E-state index contributed by atoms with van der Waals surface area (Å²) >= 11 is 1.97. The second-order valence-electron chi connectivity index (χ2n) is 7.57. The Balaban J connectivity index is 1.75. The number of guanidine groups is 1. The summed E-state index contributed by atoms with van der Waals surface area (Å²) in [4.78, 5) is 7.23. The lowest BCUT2D eigenvalue weighted by Gasteiger charge is -2.32. The second kappa shape index (κ2) is 10.7. The summed E-state index contributed by atoms with van der Waals surface area (Å²) in [5, 5.41) is 6.80. The molecule has 0 spiro atoms. The Labute approximate surface area is 179 Å². The highest BCUT2D eigenvalue weighted by atomic mass is 32.2. The van der Waals surface area contributed by atoms with Crippen molar-refractivity contribution in [3.8, 4) is 0 Å². The molecule has 0 amide bonds. The van der Waals surface area contributed by atoms with Crippen molar-refractivity contribution in [3.63, 3.8) is 0 Å². The quantitative estimate of drug-likeness (QED) is 0.518. The average Bonchev–Trinajstić information content (AvgIpc) is 2.73. The summed E-state index contributed by atoms with van der Waals surface area (Å²) < 4.78 is 28.0. The number of piperazine rings is 1. The van der Waals surface area contributed by atoms with Crippen molar-refractivity contribution in [1.82, 2.24) is 19.8 Å². The number of thioether (sulfide) groups is 1. The predicted octanol–water partition coefficient (Wildman–Crippen LogP) is 1.57. The Morgan fingerprint density at radius 1 is 1.24 bits per heavy atom. The summed E-state index contributed by atoms with van der Waals surface area (Å²) in [6, 6.07) is 7.66. The number of aliphatic imine (C=N–C) groups is 1. The first kappa shape index (κ1) is 22.4. The van der Waals surface area contributed by atoms with Crippen LogP contribution >= 0.6 is 11.8 Å². The minimum atomic E-state index is -3.51. The molecule has 9 heteroatoms. The number of benzene rings is 1. The maximum absolute atomic E-state index is 13.2. The SMILES string of the molecule is CCNC(=NCc1ccccc1S(=O)(=O)N1CCN(C)CC1)NC1CCCSC1. The third-order valence-electron chi connectivity index (χ3n) is 5.31. The van der Waals surface area contributed by atoms with E-state index in [0.717, 1.165) is 43.3 Å². The predicted molar refractivity (Wildman–Crippen MR) is 121 cm³/mol. The van der Waals surface area contributed by atoms with E-state index in [4.69, 9.17) is 4.99 Å². The molecule has 1 unspecified atom stereocenters. The molecular weight excluding hydrogens is 406 g/mol. The number of nitrogens with one attached hydrogen (secondary N) is 2. The van der Waals surface area contributed by atoms with E-state index in [0.29, 0.717) is 30.6 Å². The summed E-state index contributed by atoms with van der Waals surface area (Å²) in [5.74, 6) is 3.06. The Morgan fingerprint density at radius 3 is 2.69 bits per heavy atom. The molecule has 1 atom stereocenters. The van der Waals surface area contributed by atoms with E-state index in [9.17, 15) is 8.42 Å². The van der Waals surface area contributed by atoms with Crippen LogP contribution in [0.5, 0.6) is 0 Å². The molecule has 2 fully saturated rings. The van der Waals surface area contributed by atoms with Gasteiger partial charge in [0.1, 0.15) is 0 Å². The van der Waals surface area contributed by atoms with E-state index < -0.39 is 10.0 Å². The van der Waals surface area contributed by atoms with Gasteiger partial charge in [0.2, 0.25) is 10.0 Å². The maximum Gasteiger partial charge on any atom is 0.243 e. The molecule has 0 aromatic heterocycles. The van der Waals surface area contributed by atoms with Gasteiger partial charge in [0.05, 0.1) is 11.4 Å². The molecule has 2 aliphatic heterocycles. The number of rotatable bonds is 6. The van der Waals surface area contributed by atoms with Crippen molar-refractivity contribution in [2.24, 2.45) is 4.99 Å². The van der Waals surface area contributed by atoms with Crippen molar-refractivity contribution in [1.29, 1.82) is 0 Å². The van der Waals surface area contributed by atoms with E-state index in [1.54, 1.807) is 16.4 Å². The van der Waals surface area contributed by atoms with Gasteiger partial charge in [-0.1, -0.05) is 18.2 Å². The second-order valence-corrected chi connectivity index (χ2v) is 10.6. The molecule has 7 nitrogen and oxygen atoms in total.